The zero-order valence-corrected chi connectivity index (χ0v) is 15.4. The summed E-state index contributed by atoms with van der Waals surface area (Å²) < 4.78 is 5.29. The van der Waals surface area contributed by atoms with Gasteiger partial charge in [0.2, 0.25) is 11.3 Å². The number of nitrogens with two attached hydrogens (primary N) is 1. The Bertz CT molecular complexity index is 1220. The molecule has 4 aromatic rings. The van der Waals surface area contributed by atoms with E-state index in [-0.39, 0.29) is 39.3 Å². The molecule has 2 aromatic carbocycles. The van der Waals surface area contributed by atoms with Crippen LogP contribution in [0.5, 0.6) is 17.2 Å². The van der Waals surface area contributed by atoms with Crippen LogP contribution in [-0.4, -0.2) is 31.7 Å². The van der Waals surface area contributed by atoms with E-state index < -0.39 is 11.3 Å². The lowest BCUT2D eigenvalue weighted by Gasteiger charge is -2.05. The van der Waals surface area contributed by atoms with Crippen LogP contribution in [0.2, 0.25) is 0 Å². The molecule has 9 nitrogen and oxygen atoms in total. The molecule has 0 aliphatic carbocycles. The third kappa shape index (κ3) is 4.72. The number of rotatable bonds is 2. The van der Waals surface area contributed by atoms with Crippen LogP contribution in [-0.2, 0) is 0 Å². The first-order chi connectivity index (χ1) is 13.9. The molecule has 4 rings (SSSR count). The molecule has 0 unspecified atom stereocenters. The number of carbonyl (C=O) groups excluding carboxylic acids is 1. The zero-order valence-electron chi connectivity index (χ0n) is 15.4. The summed E-state index contributed by atoms with van der Waals surface area (Å²) in [5.41, 5.74) is 5.90. The van der Waals surface area contributed by atoms with Crippen LogP contribution in [0.3, 0.4) is 0 Å². The number of hydrogen-bond donors (Lipinski definition) is 4. The lowest BCUT2D eigenvalue weighted by Crippen LogP contribution is -2.10. The number of nitrogens with zero attached hydrogens (tertiary/aromatic N) is 1. The van der Waals surface area contributed by atoms with Gasteiger partial charge in [0.05, 0.1) is 11.1 Å². The van der Waals surface area contributed by atoms with Crippen LogP contribution < -0.4 is 11.2 Å². The first-order valence-corrected chi connectivity index (χ1v) is 8.33. The lowest BCUT2D eigenvalue weighted by molar-refractivity contribution is 0.1000. The predicted molar refractivity (Wildman–Crippen MR) is 109 cm³/mol. The van der Waals surface area contributed by atoms with E-state index >= 15 is 0 Å². The molecule has 2 heterocycles. The summed E-state index contributed by atoms with van der Waals surface area (Å²) in [6.45, 7) is 0. The zero-order chi connectivity index (χ0) is 21.0. The highest BCUT2D eigenvalue weighted by atomic mass is 16.3. The van der Waals surface area contributed by atoms with E-state index in [1.165, 1.54) is 30.7 Å². The van der Waals surface area contributed by atoms with Crippen molar-refractivity contribution < 1.29 is 30.0 Å². The smallest absolute Gasteiger partial charge is 0.250 e. The Morgan fingerprint density at radius 2 is 1.70 bits per heavy atom. The highest BCUT2D eigenvalue weighted by Gasteiger charge is 2.13. The third-order valence-electron chi connectivity index (χ3n) is 3.97. The quantitative estimate of drug-likeness (QED) is 0.390. The van der Waals surface area contributed by atoms with Crippen molar-refractivity contribution in [3.05, 3.63) is 83.0 Å². The third-order valence-corrected chi connectivity index (χ3v) is 3.97. The molecular weight excluding hydrogens is 392 g/mol. The Hall–Kier alpha value is -4.37. The van der Waals surface area contributed by atoms with Crippen molar-refractivity contribution in [2.75, 3.05) is 0 Å². The number of hydrogen-bond acceptors (Lipinski definition) is 7. The van der Waals surface area contributed by atoms with Crippen molar-refractivity contribution in [2.24, 2.45) is 5.73 Å². The van der Waals surface area contributed by atoms with Crippen LogP contribution in [0, 0.1) is 0 Å². The lowest BCUT2D eigenvalue weighted by atomic mass is 10.0. The van der Waals surface area contributed by atoms with Gasteiger partial charge in [-0.05, 0) is 29.8 Å². The number of benzene rings is 2. The normalized spacial score (nSPS) is 9.87. The molecule has 0 fully saturated rings. The van der Waals surface area contributed by atoms with Gasteiger partial charge >= 0.3 is 0 Å². The molecule has 0 radical (unpaired) electrons. The second-order valence-electron chi connectivity index (χ2n) is 5.97. The average Bonchev–Trinajstić information content (AvgIpc) is 2.70. The molecule has 0 spiro atoms. The van der Waals surface area contributed by atoms with Crippen molar-refractivity contribution in [2.45, 2.75) is 0 Å². The molecule has 0 bridgehead atoms. The monoisotopic (exact) mass is 410 g/mol. The number of fused-ring (bicyclic) bond motifs is 1. The number of phenols is 3. The standard InChI is InChI=1S/C15H10O5.C6H6N2O.H2O/c16-9-3-1-8(2-4-9)11-7-20-13-6-10(17)5-12(18)14(13)15(11)19;7-6(9)5-2-1-3-8-4-5;/h1-7,16-18H;1-4H,(H2,7,9);1H2. The number of amides is 1. The largest absolute Gasteiger partial charge is 0.508 e. The van der Waals surface area contributed by atoms with Crippen molar-refractivity contribution >= 4 is 16.9 Å². The van der Waals surface area contributed by atoms with E-state index in [1.54, 1.807) is 30.5 Å². The van der Waals surface area contributed by atoms with Crippen LogP contribution in [0.4, 0.5) is 0 Å². The van der Waals surface area contributed by atoms with E-state index in [2.05, 4.69) is 4.98 Å². The van der Waals surface area contributed by atoms with Crippen LogP contribution in [0.15, 0.2) is 76.4 Å². The van der Waals surface area contributed by atoms with Gasteiger partial charge in [-0.3, -0.25) is 14.6 Å². The van der Waals surface area contributed by atoms with Crippen molar-refractivity contribution in [1.29, 1.82) is 0 Å². The molecule has 0 aliphatic rings. The number of aromatic nitrogens is 1. The fraction of sp³-hybridized carbons (Fsp3) is 0. The summed E-state index contributed by atoms with van der Waals surface area (Å²) in [6.07, 6.45) is 4.28. The van der Waals surface area contributed by atoms with Gasteiger partial charge in [0.25, 0.3) is 0 Å². The maximum atomic E-state index is 12.4. The van der Waals surface area contributed by atoms with Gasteiger partial charge < -0.3 is 30.9 Å². The Balaban J connectivity index is 0.000000272. The van der Waals surface area contributed by atoms with Gasteiger partial charge in [0.1, 0.15) is 34.5 Å². The molecule has 154 valence electrons. The van der Waals surface area contributed by atoms with Crippen LogP contribution in [0.25, 0.3) is 22.1 Å². The Morgan fingerprint density at radius 1 is 1.00 bits per heavy atom. The molecule has 0 aliphatic heterocycles. The number of aromatic hydroxyl groups is 3. The predicted octanol–water partition coefficient (Wildman–Crippen LogP) is 1.93. The number of pyridine rings is 1. The average molecular weight is 410 g/mol. The SMILES string of the molecule is NC(=O)c1cccnc1.O.O=c1c(-c2ccc(O)cc2)coc2cc(O)cc(O)c12. The van der Waals surface area contributed by atoms with Gasteiger partial charge in [0, 0.05) is 24.5 Å². The van der Waals surface area contributed by atoms with Crippen molar-refractivity contribution in [3.63, 3.8) is 0 Å². The fourth-order valence-electron chi connectivity index (χ4n) is 2.57. The van der Waals surface area contributed by atoms with E-state index in [1.807, 2.05) is 0 Å². The van der Waals surface area contributed by atoms with E-state index in [4.69, 9.17) is 10.2 Å². The van der Waals surface area contributed by atoms with Gasteiger partial charge in [-0.2, -0.15) is 0 Å². The maximum Gasteiger partial charge on any atom is 0.250 e. The van der Waals surface area contributed by atoms with E-state index in [0.29, 0.717) is 11.1 Å². The molecule has 7 N–H and O–H groups in total. The number of carbonyl (C=O) groups is 1. The summed E-state index contributed by atoms with van der Waals surface area (Å²) in [5, 5.41) is 28.4. The first kappa shape index (κ1) is 21.9. The van der Waals surface area contributed by atoms with Gasteiger partial charge in [-0.1, -0.05) is 12.1 Å². The molecule has 1 amide bonds. The summed E-state index contributed by atoms with van der Waals surface area (Å²) in [6, 6.07) is 11.7. The van der Waals surface area contributed by atoms with Crippen molar-refractivity contribution in [3.8, 4) is 28.4 Å². The summed E-state index contributed by atoms with van der Waals surface area (Å²) >= 11 is 0. The van der Waals surface area contributed by atoms with E-state index in [9.17, 15) is 24.9 Å². The molecule has 30 heavy (non-hydrogen) atoms. The fourth-order valence-corrected chi connectivity index (χ4v) is 2.57. The van der Waals surface area contributed by atoms with Gasteiger partial charge in [0.15, 0.2) is 0 Å². The second-order valence-corrected chi connectivity index (χ2v) is 5.97. The molecule has 9 heteroatoms. The first-order valence-electron chi connectivity index (χ1n) is 8.33. The highest BCUT2D eigenvalue weighted by molar-refractivity contribution is 5.92. The van der Waals surface area contributed by atoms with Gasteiger partial charge in [-0.25, -0.2) is 0 Å². The topological polar surface area (TPSA) is 178 Å². The minimum Gasteiger partial charge on any atom is -0.508 e. The molecule has 0 saturated heterocycles. The summed E-state index contributed by atoms with van der Waals surface area (Å²) in [5.74, 6) is -0.875. The minimum absolute atomic E-state index is 0. The molecule has 0 atom stereocenters. The molecular formula is C21H18N2O7. The molecule has 0 saturated carbocycles. The molecule has 2 aromatic heterocycles. The van der Waals surface area contributed by atoms with Crippen LogP contribution in [0.1, 0.15) is 10.4 Å². The Kier molecular flexibility index (Phi) is 6.74. The Labute approximate surface area is 169 Å². The highest BCUT2D eigenvalue weighted by Crippen LogP contribution is 2.29. The second kappa shape index (κ2) is 9.22. The minimum atomic E-state index is -0.442. The summed E-state index contributed by atoms with van der Waals surface area (Å²) in [4.78, 5) is 26.5. The van der Waals surface area contributed by atoms with Crippen LogP contribution >= 0.6 is 0 Å². The number of phenolic OH excluding ortho intramolecular Hbond substituents is 3. The Morgan fingerprint density at radius 3 is 2.27 bits per heavy atom. The van der Waals surface area contributed by atoms with Crippen molar-refractivity contribution in [1.82, 2.24) is 4.98 Å². The van der Waals surface area contributed by atoms with Gasteiger partial charge in [-0.15, -0.1) is 0 Å². The number of primary amides is 1. The maximum absolute atomic E-state index is 12.4. The van der Waals surface area contributed by atoms with E-state index in [0.717, 1.165) is 6.07 Å². The summed E-state index contributed by atoms with van der Waals surface area (Å²) in [7, 11) is 0.